The van der Waals surface area contributed by atoms with E-state index in [-0.39, 0.29) is 6.61 Å². The molecule has 4 heteroatoms. The third-order valence-electron chi connectivity index (χ3n) is 5.57. The van der Waals surface area contributed by atoms with Gasteiger partial charge in [0.05, 0.1) is 6.61 Å². The maximum absolute atomic E-state index is 12.0. The number of aryl methyl sites for hydroxylation is 1. The lowest BCUT2D eigenvalue weighted by Gasteiger charge is -2.25. The topological polar surface area (TPSA) is 55.8 Å². The summed E-state index contributed by atoms with van der Waals surface area (Å²) in [5, 5.41) is 12.4. The predicted octanol–water partition coefficient (Wildman–Crippen LogP) is 5.00. The van der Waals surface area contributed by atoms with Gasteiger partial charge in [0.25, 0.3) is 0 Å². The molecule has 2 aromatic carbocycles. The Morgan fingerprint density at radius 3 is 2.79 bits per heavy atom. The van der Waals surface area contributed by atoms with Crippen LogP contribution in [0.25, 0.3) is 10.8 Å². The van der Waals surface area contributed by atoms with Crippen molar-refractivity contribution in [2.24, 2.45) is 5.92 Å². The molecule has 1 saturated carbocycles. The van der Waals surface area contributed by atoms with Gasteiger partial charge >= 0.3 is 6.16 Å². The molecule has 2 aliphatic rings. The van der Waals surface area contributed by atoms with Crippen LogP contribution in [-0.2, 0) is 4.74 Å². The molecule has 2 aliphatic carbocycles. The van der Waals surface area contributed by atoms with Crippen molar-refractivity contribution in [1.29, 1.82) is 0 Å². The summed E-state index contributed by atoms with van der Waals surface area (Å²) in [5.41, 5.74) is 3.06. The van der Waals surface area contributed by atoms with Gasteiger partial charge in [-0.1, -0.05) is 24.6 Å². The minimum atomic E-state index is -0.677. The van der Waals surface area contributed by atoms with Crippen LogP contribution in [0.5, 0.6) is 11.5 Å². The lowest BCUT2D eigenvalue weighted by Crippen LogP contribution is -2.15. The van der Waals surface area contributed by atoms with E-state index in [0.717, 1.165) is 40.3 Å². The van der Waals surface area contributed by atoms with Gasteiger partial charge in [0, 0.05) is 21.9 Å². The first-order chi connectivity index (χ1) is 11.5. The second kappa shape index (κ2) is 5.40. The summed E-state index contributed by atoms with van der Waals surface area (Å²) in [6, 6.07) is 5.85. The highest BCUT2D eigenvalue weighted by atomic mass is 16.7. The normalized spacial score (nSPS) is 24.2. The van der Waals surface area contributed by atoms with Gasteiger partial charge in [0.2, 0.25) is 0 Å². The zero-order chi connectivity index (χ0) is 17.0. The number of ether oxygens (including phenoxy) is 2. The highest BCUT2D eigenvalue weighted by molar-refractivity contribution is 5.98. The maximum atomic E-state index is 12.0. The smallest absolute Gasteiger partial charge is 0.507 e. The van der Waals surface area contributed by atoms with Crippen molar-refractivity contribution < 1.29 is 19.4 Å². The Morgan fingerprint density at radius 1 is 1.25 bits per heavy atom. The molecule has 0 aromatic heterocycles. The summed E-state index contributed by atoms with van der Waals surface area (Å²) in [4.78, 5) is 12.0. The van der Waals surface area contributed by atoms with Crippen LogP contribution in [-0.4, -0.2) is 17.9 Å². The minimum absolute atomic E-state index is 0.277. The second-order valence-corrected chi connectivity index (χ2v) is 7.09. The number of benzene rings is 2. The minimum Gasteiger partial charge on any atom is -0.507 e. The first-order valence-corrected chi connectivity index (χ1v) is 8.64. The van der Waals surface area contributed by atoms with E-state index in [0.29, 0.717) is 29.3 Å². The highest BCUT2D eigenvalue weighted by Gasteiger charge is 2.46. The molecule has 1 N–H and O–H groups in total. The molecule has 0 saturated heterocycles. The van der Waals surface area contributed by atoms with E-state index in [4.69, 9.17) is 9.47 Å². The summed E-state index contributed by atoms with van der Waals surface area (Å²) in [5.74, 6) is 2.18. The monoisotopic (exact) mass is 326 g/mol. The van der Waals surface area contributed by atoms with Gasteiger partial charge in [0.15, 0.2) is 0 Å². The van der Waals surface area contributed by atoms with Crippen molar-refractivity contribution in [1.82, 2.24) is 0 Å². The first-order valence-electron chi connectivity index (χ1n) is 8.64. The number of hydrogen-bond donors (Lipinski definition) is 1. The van der Waals surface area contributed by atoms with E-state index in [1.165, 1.54) is 0 Å². The molecular weight excluding hydrogens is 304 g/mol. The fourth-order valence-corrected chi connectivity index (χ4v) is 4.60. The van der Waals surface area contributed by atoms with Gasteiger partial charge in [-0.15, -0.1) is 0 Å². The van der Waals surface area contributed by atoms with Crippen LogP contribution >= 0.6 is 0 Å². The van der Waals surface area contributed by atoms with E-state index in [2.05, 4.69) is 6.92 Å². The third kappa shape index (κ3) is 2.09. The Bertz CT molecular complexity index is 839. The van der Waals surface area contributed by atoms with Gasteiger partial charge in [-0.3, -0.25) is 0 Å². The molecular formula is C20H22O4. The lowest BCUT2D eigenvalue weighted by atomic mass is 9.82. The third-order valence-corrected chi connectivity index (χ3v) is 5.57. The van der Waals surface area contributed by atoms with Crippen molar-refractivity contribution in [2.45, 2.75) is 45.4 Å². The average Bonchev–Trinajstić information content (AvgIpc) is 3.08. The SMILES string of the molecule is CCOC(=O)Oc1c2c(c(O)c3ccc(C)cc13)C1CC2CC1C. The molecule has 2 aromatic rings. The standard InChI is InChI=1S/C20H22O4/c1-4-23-20(22)24-19-15-7-10(2)5-6-13(15)18(21)17-14-9-12(16(17)19)8-11(14)3/h5-7,11-12,14,21H,4,8-9H2,1-3H3. The molecule has 3 unspecified atom stereocenters. The quantitative estimate of drug-likeness (QED) is 0.623. The Balaban J connectivity index is 1.98. The first kappa shape index (κ1) is 15.3. The number of aromatic hydroxyl groups is 1. The zero-order valence-electron chi connectivity index (χ0n) is 14.3. The Kier molecular flexibility index (Phi) is 3.44. The van der Waals surface area contributed by atoms with Crippen LogP contribution in [0.1, 0.15) is 55.2 Å². The second-order valence-electron chi connectivity index (χ2n) is 7.09. The molecule has 0 amide bonds. The highest BCUT2D eigenvalue weighted by Crippen LogP contribution is 2.62. The van der Waals surface area contributed by atoms with Gasteiger partial charge in [0.1, 0.15) is 11.5 Å². The zero-order valence-corrected chi connectivity index (χ0v) is 14.3. The molecule has 0 heterocycles. The Hall–Kier alpha value is -2.23. The summed E-state index contributed by atoms with van der Waals surface area (Å²) < 4.78 is 10.6. The number of hydrogen-bond acceptors (Lipinski definition) is 4. The molecule has 3 atom stereocenters. The van der Waals surface area contributed by atoms with Crippen LogP contribution in [0.3, 0.4) is 0 Å². The number of phenolic OH excluding ortho intramolecular Hbond substituents is 1. The van der Waals surface area contributed by atoms with Crippen molar-refractivity contribution in [2.75, 3.05) is 6.61 Å². The number of fused-ring (bicyclic) bond motifs is 6. The molecule has 24 heavy (non-hydrogen) atoms. The van der Waals surface area contributed by atoms with Crippen LogP contribution in [0.2, 0.25) is 0 Å². The van der Waals surface area contributed by atoms with E-state index >= 15 is 0 Å². The van der Waals surface area contributed by atoms with Gasteiger partial charge in [-0.05, 0) is 50.5 Å². The van der Waals surface area contributed by atoms with Gasteiger partial charge < -0.3 is 14.6 Å². The van der Waals surface area contributed by atoms with Crippen LogP contribution < -0.4 is 4.74 Å². The predicted molar refractivity (Wildman–Crippen MR) is 91.9 cm³/mol. The van der Waals surface area contributed by atoms with Gasteiger partial charge in [-0.25, -0.2) is 4.79 Å². The molecule has 0 aliphatic heterocycles. The average molecular weight is 326 g/mol. The number of rotatable bonds is 2. The Morgan fingerprint density at radius 2 is 2.04 bits per heavy atom. The molecule has 0 spiro atoms. The van der Waals surface area contributed by atoms with E-state index < -0.39 is 6.16 Å². The largest absolute Gasteiger partial charge is 0.513 e. The van der Waals surface area contributed by atoms with Crippen LogP contribution in [0, 0.1) is 12.8 Å². The molecule has 0 radical (unpaired) electrons. The summed E-state index contributed by atoms with van der Waals surface area (Å²) in [6.45, 7) is 6.26. The van der Waals surface area contributed by atoms with E-state index in [9.17, 15) is 9.90 Å². The maximum Gasteiger partial charge on any atom is 0.513 e. The lowest BCUT2D eigenvalue weighted by molar-refractivity contribution is 0.104. The van der Waals surface area contributed by atoms with E-state index in [1.54, 1.807) is 6.92 Å². The molecule has 1 fully saturated rings. The van der Waals surface area contributed by atoms with Crippen molar-refractivity contribution >= 4 is 16.9 Å². The molecule has 2 bridgehead atoms. The van der Waals surface area contributed by atoms with Gasteiger partial charge in [-0.2, -0.15) is 0 Å². The summed E-state index contributed by atoms with van der Waals surface area (Å²) >= 11 is 0. The molecule has 126 valence electrons. The van der Waals surface area contributed by atoms with Crippen molar-refractivity contribution in [3.63, 3.8) is 0 Å². The van der Waals surface area contributed by atoms with Crippen molar-refractivity contribution in [3.05, 3.63) is 34.9 Å². The fourth-order valence-electron chi connectivity index (χ4n) is 4.60. The summed E-state index contributed by atoms with van der Waals surface area (Å²) in [6.07, 6.45) is 1.43. The van der Waals surface area contributed by atoms with Crippen LogP contribution in [0.4, 0.5) is 4.79 Å². The molecule has 4 nitrogen and oxygen atoms in total. The number of carbonyl (C=O) groups excluding carboxylic acids is 1. The molecule has 4 rings (SSSR count). The number of phenols is 1. The number of carbonyl (C=O) groups is 1. The Labute approximate surface area is 141 Å². The van der Waals surface area contributed by atoms with E-state index in [1.807, 2.05) is 25.1 Å². The fraction of sp³-hybridized carbons (Fsp3) is 0.450. The van der Waals surface area contributed by atoms with Crippen LogP contribution in [0.15, 0.2) is 18.2 Å². The van der Waals surface area contributed by atoms with Crippen molar-refractivity contribution in [3.8, 4) is 11.5 Å². The summed E-state index contributed by atoms with van der Waals surface area (Å²) in [7, 11) is 0.